The lowest BCUT2D eigenvalue weighted by atomic mass is 10.2. The minimum absolute atomic E-state index is 0.147. The number of aryl methyl sites for hydroxylation is 1. The summed E-state index contributed by atoms with van der Waals surface area (Å²) in [6.45, 7) is 6.20. The number of methoxy groups -OCH3 is 1. The maximum atomic E-state index is 13.3. The molecule has 34 heavy (non-hydrogen) atoms. The van der Waals surface area contributed by atoms with E-state index in [9.17, 15) is 13.2 Å². The summed E-state index contributed by atoms with van der Waals surface area (Å²) in [5, 5.41) is 0.495. The first-order valence-corrected chi connectivity index (χ1v) is 13.7. The maximum Gasteiger partial charge on any atom is 0.244 e. The predicted molar refractivity (Wildman–Crippen MR) is 134 cm³/mol. The van der Waals surface area contributed by atoms with Crippen molar-refractivity contribution in [2.75, 3.05) is 57.2 Å². The van der Waals surface area contributed by atoms with Gasteiger partial charge in [0.1, 0.15) is 11.5 Å². The number of rotatable bonds is 9. The number of ether oxygens (including phenoxy) is 2. The Kier molecular flexibility index (Phi) is 7.82. The van der Waals surface area contributed by atoms with E-state index in [4.69, 9.17) is 9.47 Å². The van der Waals surface area contributed by atoms with Crippen molar-refractivity contribution in [3.05, 3.63) is 48.0 Å². The van der Waals surface area contributed by atoms with Crippen LogP contribution in [0.1, 0.15) is 12.0 Å². The van der Waals surface area contributed by atoms with Gasteiger partial charge in [-0.1, -0.05) is 29.0 Å². The van der Waals surface area contributed by atoms with Gasteiger partial charge in [-0.25, -0.2) is 13.4 Å². The van der Waals surface area contributed by atoms with Gasteiger partial charge in [0, 0.05) is 26.2 Å². The van der Waals surface area contributed by atoms with Crippen LogP contribution in [-0.2, 0) is 19.4 Å². The number of aromatic nitrogens is 1. The first-order valence-electron chi connectivity index (χ1n) is 11.2. The summed E-state index contributed by atoms with van der Waals surface area (Å²) >= 11 is 1.36. The van der Waals surface area contributed by atoms with Crippen LogP contribution in [0.3, 0.4) is 0 Å². The van der Waals surface area contributed by atoms with Crippen molar-refractivity contribution in [1.29, 1.82) is 0 Å². The van der Waals surface area contributed by atoms with Gasteiger partial charge in [-0.2, -0.15) is 0 Å². The molecule has 0 spiro atoms. The van der Waals surface area contributed by atoms with E-state index in [2.05, 4.69) is 9.88 Å². The number of amides is 1. The van der Waals surface area contributed by atoms with Gasteiger partial charge in [0.25, 0.3) is 0 Å². The highest BCUT2D eigenvalue weighted by Gasteiger charge is 2.27. The minimum atomic E-state index is -3.78. The van der Waals surface area contributed by atoms with E-state index in [1.54, 1.807) is 31.4 Å². The average molecular weight is 504 g/mol. The number of hydrogen-bond donors (Lipinski definition) is 0. The van der Waals surface area contributed by atoms with Crippen LogP contribution in [0.4, 0.5) is 5.13 Å². The van der Waals surface area contributed by atoms with E-state index in [0.29, 0.717) is 37.1 Å². The summed E-state index contributed by atoms with van der Waals surface area (Å²) in [7, 11) is -2.18. The average Bonchev–Trinajstić information content (AvgIpc) is 3.25. The van der Waals surface area contributed by atoms with Gasteiger partial charge in [-0.15, -0.1) is 0 Å². The number of thiazole rings is 1. The van der Waals surface area contributed by atoms with Gasteiger partial charge in [-0.3, -0.25) is 14.6 Å². The fourth-order valence-electron chi connectivity index (χ4n) is 3.81. The largest absolute Gasteiger partial charge is 0.497 e. The Morgan fingerprint density at radius 1 is 1.18 bits per heavy atom. The molecule has 8 nitrogen and oxygen atoms in total. The number of carbonyl (C=O) groups is 1. The molecule has 0 aliphatic carbocycles. The Morgan fingerprint density at radius 2 is 1.91 bits per heavy atom. The lowest BCUT2D eigenvalue weighted by Gasteiger charge is -2.27. The number of nitrogens with zero attached hydrogens (tertiary/aromatic N) is 3. The summed E-state index contributed by atoms with van der Waals surface area (Å²) in [6, 6.07) is 12.1. The van der Waals surface area contributed by atoms with Gasteiger partial charge >= 0.3 is 0 Å². The second kappa shape index (κ2) is 10.8. The smallest absolute Gasteiger partial charge is 0.244 e. The Hall–Kier alpha value is -2.53. The van der Waals surface area contributed by atoms with Crippen LogP contribution >= 0.6 is 11.3 Å². The molecule has 10 heteroatoms. The Morgan fingerprint density at radius 3 is 2.62 bits per heavy atom. The third kappa shape index (κ3) is 5.93. The number of sulfone groups is 1. The van der Waals surface area contributed by atoms with Crippen molar-refractivity contribution >= 4 is 42.4 Å². The number of benzene rings is 2. The summed E-state index contributed by atoms with van der Waals surface area (Å²) in [5.74, 6) is -0.379. The highest BCUT2D eigenvalue weighted by molar-refractivity contribution is 7.92. The Bertz CT molecular complexity index is 1240. The van der Waals surface area contributed by atoms with E-state index in [-0.39, 0.29) is 4.90 Å². The second-order valence-corrected chi connectivity index (χ2v) is 11.3. The van der Waals surface area contributed by atoms with E-state index in [0.717, 1.165) is 35.4 Å². The monoisotopic (exact) mass is 503 g/mol. The lowest BCUT2D eigenvalue weighted by Crippen LogP contribution is -2.40. The summed E-state index contributed by atoms with van der Waals surface area (Å²) in [6.07, 6.45) is 0.704. The molecule has 0 N–H and O–H groups in total. The molecule has 0 unspecified atom stereocenters. The molecule has 1 saturated heterocycles. The zero-order chi connectivity index (χ0) is 24.1. The molecule has 1 aromatic heterocycles. The van der Waals surface area contributed by atoms with E-state index in [1.807, 2.05) is 25.1 Å². The number of morpholine rings is 1. The first kappa shape index (κ1) is 24.6. The van der Waals surface area contributed by atoms with E-state index in [1.165, 1.54) is 16.2 Å². The second-order valence-electron chi connectivity index (χ2n) is 8.26. The van der Waals surface area contributed by atoms with Crippen LogP contribution in [0.5, 0.6) is 5.75 Å². The van der Waals surface area contributed by atoms with Gasteiger partial charge in [0.15, 0.2) is 15.0 Å². The van der Waals surface area contributed by atoms with Crippen molar-refractivity contribution in [3.8, 4) is 5.75 Å². The molecule has 1 aliphatic heterocycles. The zero-order valence-electron chi connectivity index (χ0n) is 19.4. The molecule has 182 valence electrons. The zero-order valence-corrected chi connectivity index (χ0v) is 21.0. The SMILES string of the molecule is COc1ccc2nc(N(CCCN3CCOCC3)C(=O)CS(=O)(=O)c3ccc(C)cc3)sc2c1. The number of fused-ring (bicyclic) bond motifs is 1. The van der Waals surface area contributed by atoms with E-state index >= 15 is 0 Å². The highest BCUT2D eigenvalue weighted by atomic mass is 32.2. The van der Waals surface area contributed by atoms with Gasteiger partial charge < -0.3 is 9.47 Å². The molecule has 0 saturated carbocycles. The molecule has 3 aromatic rings. The van der Waals surface area contributed by atoms with Crippen molar-refractivity contribution in [2.45, 2.75) is 18.2 Å². The molecule has 1 fully saturated rings. The molecular weight excluding hydrogens is 474 g/mol. The van der Waals surface area contributed by atoms with Crippen molar-refractivity contribution in [2.24, 2.45) is 0 Å². The summed E-state index contributed by atoms with van der Waals surface area (Å²) < 4.78 is 37.5. The number of carbonyl (C=O) groups excluding carboxylic acids is 1. The third-order valence-corrected chi connectivity index (χ3v) is 8.43. The first-order chi connectivity index (χ1) is 16.4. The van der Waals surface area contributed by atoms with Crippen LogP contribution in [0.25, 0.3) is 10.2 Å². The molecule has 0 radical (unpaired) electrons. The van der Waals surface area contributed by atoms with Gasteiger partial charge in [0.2, 0.25) is 5.91 Å². The topological polar surface area (TPSA) is 89.0 Å². The number of anilines is 1. The molecule has 0 bridgehead atoms. The van der Waals surface area contributed by atoms with Crippen LogP contribution in [0.15, 0.2) is 47.4 Å². The molecular formula is C24H29N3O5S2. The molecule has 1 amide bonds. The molecule has 4 rings (SSSR count). The van der Waals surface area contributed by atoms with Gasteiger partial charge in [0.05, 0.1) is 35.4 Å². The van der Waals surface area contributed by atoms with Crippen LogP contribution in [-0.4, -0.2) is 76.5 Å². The predicted octanol–water partition coefficient (Wildman–Crippen LogP) is 3.14. The molecule has 2 heterocycles. The molecule has 2 aromatic carbocycles. The maximum absolute atomic E-state index is 13.3. The summed E-state index contributed by atoms with van der Waals surface area (Å²) in [4.78, 5) is 21.9. The third-order valence-electron chi connectivity index (χ3n) is 5.77. The lowest BCUT2D eigenvalue weighted by molar-refractivity contribution is -0.116. The van der Waals surface area contributed by atoms with Gasteiger partial charge in [-0.05, 0) is 43.7 Å². The van der Waals surface area contributed by atoms with Crippen LogP contribution in [0, 0.1) is 6.92 Å². The Labute approximate surface area is 204 Å². The van der Waals surface area contributed by atoms with Crippen molar-refractivity contribution < 1.29 is 22.7 Å². The molecule has 0 atom stereocenters. The quantitative estimate of drug-likeness (QED) is 0.443. The van der Waals surface area contributed by atoms with Crippen molar-refractivity contribution in [1.82, 2.24) is 9.88 Å². The highest BCUT2D eigenvalue weighted by Crippen LogP contribution is 2.32. The fraction of sp³-hybridized carbons (Fsp3) is 0.417. The van der Waals surface area contributed by atoms with Crippen LogP contribution in [0.2, 0.25) is 0 Å². The fourth-order valence-corrected chi connectivity index (χ4v) is 6.04. The van der Waals surface area contributed by atoms with Crippen molar-refractivity contribution in [3.63, 3.8) is 0 Å². The van der Waals surface area contributed by atoms with E-state index < -0.39 is 21.5 Å². The standard InChI is InChI=1S/C24H29N3O5S2/c1-18-4-7-20(8-5-18)34(29,30)17-23(28)27(11-3-10-26-12-14-32-15-13-26)24-25-21-9-6-19(31-2)16-22(21)33-24/h4-9,16H,3,10-15,17H2,1-2H3. The summed E-state index contributed by atoms with van der Waals surface area (Å²) in [5.41, 5.74) is 1.70. The normalized spacial score (nSPS) is 14.9. The van der Waals surface area contributed by atoms with Crippen LogP contribution < -0.4 is 9.64 Å². The number of hydrogen-bond acceptors (Lipinski definition) is 8. The Balaban J connectivity index is 1.55. The minimum Gasteiger partial charge on any atom is -0.497 e. The molecule has 1 aliphatic rings.